The summed E-state index contributed by atoms with van der Waals surface area (Å²) in [5, 5.41) is 9.10. The molecule has 2 rings (SSSR count). The van der Waals surface area contributed by atoms with Gasteiger partial charge in [-0.3, -0.25) is 0 Å². The van der Waals surface area contributed by atoms with Crippen LogP contribution in [0.5, 0.6) is 0 Å². The van der Waals surface area contributed by atoms with Crippen molar-refractivity contribution in [2.45, 2.75) is 33.4 Å². The number of imidazole rings is 2. The zero-order chi connectivity index (χ0) is 13.1. The maximum Gasteiger partial charge on any atom is 0.354 e. The molecular weight excluding hydrogens is 232 g/mol. The van der Waals surface area contributed by atoms with E-state index in [2.05, 4.69) is 16.9 Å². The lowest BCUT2D eigenvalue weighted by Gasteiger charge is -2.10. The number of aromatic nitrogens is 4. The van der Waals surface area contributed by atoms with Gasteiger partial charge in [0, 0.05) is 12.7 Å². The Morgan fingerprint density at radius 2 is 2.22 bits per heavy atom. The summed E-state index contributed by atoms with van der Waals surface area (Å²) in [5.74, 6) is -0.270. The smallest absolute Gasteiger partial charge is 0.354 e. The normalized spacial score (nSPS) is 10.8. The fourth-order valence-corrected chi connectivity index (χ4v) is 1.92. The number of carboxylic acids is 1. The highest BCUT2D eigenvalue weighted by molar-refractivity contribution is 5.85. The van der Waals surface area contributed by atoms with Gasteiger partial charge < -0.3 is 14.2 Å². The maximum absolute atomic E-state index is 11.1. The van der Waals surface area contributed by atoms with Crippen molar-refractivity contribution < 1.29 is 9.90 Å². The van der Waals surface area contributed by atoms with Crippen molar-refractivity contribution in [3.63, 3.8) is 0 Å². The van der Waals surface area contributed by atoms with Gasteiger partial charge in [-0.05, 0) is 13.3 Å². The third-order valence-electron chi connectivity index (χ3n) is 2.86. The summed E-state index contributed by atoms with van der Waals surface area (Å²) in [7, 11) is 0. The van der Waals surface area contributed by atoms with Gasteiger partial charge in [0.15, 0.2) is 0 Å². The van der Waals surface area contributed by atoms with Crippen molar-refractivity contribution in [3.05, 3.63) is 35.9 Å². The molecule has 0 atom stereocenters. The SMILES string of the molecule is CCCn1cncc1Cn1c(C(=O)O)cnc1C. The summed E-state index contributed by atoms with van der Waals surface area (Å²) in [4.78, 5) is 19.2. The Kier molecular flexibility index (Phi) is 3.45. The number of aryl methyl sites for hydroxylation is 2. The Hall–Kier alpha value is -2.11. The van der Waals surface area contributed by atoms with Gasteiger partial charge in [-0.15, -0.1) is 0 Å². The molecule has 0 unspecified atom stereocenters. The molecule has 2 aromatic heterocycles. The van der Waals surface area contributed by atoms with Crippen molar-refractivity contribution in [1.82, 2.24) is 19.1 Å². The molecular formula is C12H16N4O2. The lowest BCUT2D eigenvalue weighted by atomic mass is 10.3. The van der Waals surface area contributed by atoms with Gasteiger partial charge in [0.25, 0.3) is 0 Å². The van der Waals surface area contributed by atoms with Crippen molar-refractivity contribution in [2.75, 3.05) is 0 Å². The first kappa shape index (κ1) is 12.3. The lowest BCUT2D eigenvalue weighted by Crippen LogP contribution is -2.13. The molecule has 0 saturated heterocycles. The van der Waals surface area contributed by atoms with Crippen molar-refractivity contribution in [2.24, 2.45) is 0 Å². The van der Waals surface area contributed by atoms with E-state index in [1.165, 1.54) is 6.20 Å². The van der Waals surface area contributed by atoms with Crippen molar-refractivity contribution >= 4 is 5.97 Å². The average molecular weight is 248 g/mol. The fraction of sp³-hybridized carbons (Fsp3) is 0.417. The van der Waals surface area contributed by atoms with Crippen LogP contribution in [-0.2, 0) is 13.1 Å². The quantitative estimate of drug-likeness (QED) is 0.871. The number of hydrogen-bond acceptors (Lipinski definition) is 3. The Morgan fingerprint density at radius 1 is 1.44 bits per heavy atom. The highest BCUT2D eigenvalue weighted by Gasteiger charge is 2.14. The number of rotatable bonds is 5. The second-order valence-corrected chi connectivity index (χ2v) is 4.16. The zero-order valence-corrected chi connectivity index (χ0v) is 10.5. The van der Waals surface area contributed by atoms with Gasteiger partial charge in [-0.25, -0.2) is 14.8 Å². The first-order valence-electron chi connectivity index (χ1n) is 5.88. The molecule has 2 aromatic rings. The summed E-state index contributed by atoms with van der Waals surface area (Å²) in [6.07, 6.45) is 5.93. The summed E-state index contributed by atoms with van der Waals surface area (Å²) >= 11 is 0. The van der Waals surface area contributed by atoms with Crippen LogP contribution in [-0.4, -0.2) is 30.2 Å². The van der Waals surface area contributed by atoms with Crippen LogP contribution in [0.15, 0.2) is 18.7 Å². The third-order valence-corrected chi connectivity index (χ3v) is 2.86. The summed E-state index contributed by atoms with van der Waals surface area (Å²) in [6, 6.07) is 0. The van der Waals surface area contributed by atoms with Crippen LogP contribution in [0.4, 0.5) is 0 Å². The monoisotopic (exact) mass is 248 g/mol. The van der Waals surface area contributed by atoms with Crippen molar-refractivity contribution in [3.8, 4) is 0 Å². The molecule has 0 aliphatic rings. The third kappa shape index (κ3) is 2.27. The van der Waals surface area contributed by atoms with Gasteiger partial charge in [0.2, 0.25) is 0 Å². The van der Waals surface area contributed by atoms with Gasteiger partial charge in [0.05, 0.1) is 24.8 Å². The first-order chi connectivity index (χ1) is 8.63. The number of carbonyl (C=O) groups is 1. The lowest BCUT2D eigenvalue weighted by molar-refractivity contribution is 0.0685. The molecule has 0 radical (unpaired) electrons. The van der Waals surface area contributed by atoms with E-state index >= 15 is 0 Å². The Bertz CT molecular complexity index is 556. The molecule has 18 heavy (non-hydrogen) atoms. The summed E-state index contributed by atoms with van der Waals surface area (Å²) in [6.45, 7) is 5.25. The molecule has 0 fully saturated rings. The molecule has 0 bridgehead atoms. The van der Waals surface area contributed by atoms with Crippen LogP contribution in [0.2, 0.25) is 0 Å². The van der Waals surface area contributed by atoms with E-state index in [9.17, 15) is 4.79 Å². The fourth-order valence-electron chi connectivity index (χ4n) is 1.92. The summed E-state index contributed by atoms with van der Waals surface area (Å²) < 4.78 is 3.72. The van der Waals surface area contributed by atoms with Crippen LogP contribution in [0.25, 0.3) is 0 Å². The molecule has 1 N–H and O–H groups in total. The second-order valence-electron chi connectivity index (χ2n) is 4.16. The molecule has 6 nitrogen and oxygen atoms in total. The molecule has 96 valence electrons. The van der Waals surface area contributed by atoms with Crippen molar-refractivity contribution in [1.29, 1.82) is 0 Å². The van der Waals surface area contributed by atoms with Gasteiger partial charge in [0.1, 0.15) is 11.5 Å². The minimum absolute atomic E-state index is 0.205. The Balaban J connectivity index is 2.31. The van der Waals surface area contributed by atoms with E-state index in [1.54, 1.807) is 24.0 Å². The number of nitrogens with zero attached hydrogens (tertiary/aromatic N) is 4. The highest BCUT2D eigenvalue weighted by Crippen LogP contribution is 2.10. The van der Waals surface area contributed by atoms with Gasteiger partial charge in [-0.2, -0.15) is 0 Å². The predicted molar refractivity (Wildman–Crippen MR) is 65.5 cm³/mol. The minimum Gasteiger partial charge on any atom is -0.477 e. The molecule has 0 amide bonds. The topological polar surface area (TPSA) is 72.9 Å². The molecule has 0 aliphatic heterocycles. The van der Waals surface area contributed by atoms with E-state index in [0.29, 0.717) is 12.4 Å². The van der Waals surface area contributed by atoms with E-state index in [-0.39, 0.29) is 5.69 Å². The molecule has 2 heterocycles. The Morgan fingerprint density at radius 3 is 2.89 bits per heavy atom. The molecule has 0 aliphatic carbocycles. The maximum atomic E-state index is 11.1. The van der Waals surface area contributed by atoms with E-state index in [0.717, 1.165) is 18.7 Å². The largest absolute Gasteiger partial charge is 0.477 e. The summed E-state index contributed by atoms with van der Waals surface area (Å²) in [5.41, 5.74) is 1.19. The Labute approximate surface area is 105 Å². The number of carboxylic acid groups (broad SMARTS) is 1. The molecule has 0 aromatic carbocycles. The molecule has 0 saturated carbocycles. The molecule has 6 heteroatoms. The minimum atomic E-state index is -0.961. The average Bonchev–Trinajstić information content (AvgIpc) is 2.89. The van der Waals surface area contributed by atoms with Gasteiger partial charge in [-0.1, -0.05) is 6.92 Å². The highest BCUT2D eigenvalue weighted by atomic mass is 16.4. The van der Waals surface area contributed by atoms with Crippen LogP contribution < -0.4 is 0 Å². The standard InChI is InChI=1S/C12H16N4O2/c1-3-4-15-8-13-5-10(15)7-16-9(2)14-6-11(16)12(17)18/h5-6,8H,3-4,7H2,1-2H3,(H,17,18). The van der Waals surface area contributed by atoms with E-state index < -0.39 is 5.97 Å². The number of hydrogen-bond donors (Lipinski definition) is 1. The van der Waals surface area contributed by atoms with E-state index in [1.807, 2.05) is 4.57 Å². The predicted octanol–water partition coefficient (Wildman–Crippen LogP) is 1.54. The van der Waals surface area contributed by atoms with Crippen LogP contribution in [0.3, 0.4) is 0 Å². The zero-order valence-electron chi connectivity index (χ0n) is 10.5. The van der Waals surface area contributed by atoms with Gasteiger partial charge >= 0.3 is 5.97 Å². The van der Waals surface area contributed by atoms with Crippen LogP contribution >= 0.6 is 0 Å². The first-order valence-corrected chi connectivity index (χ1v) is 5.88. The number of aromatic carboxylic acids is 1. The molecule has 0 spiro atoms. The van der Waals surface area contributed by atoms with Crippen LogP contribution in [0, 0.1) is 6.92 Å². The second kappa shape index (κ2) is 5.03. The van der Waals surface area contributed by atoms with E-state index in [4.69, 9.17) is 5.11 Å². The van der Waals surface area contributed by atoms with Crippen LogP contribution in [0.1, 0.15) is 35.4 Å².